The Morgan fingerprint density at radius 1 is 1.08 bits per heavy atom. The summed E-state index contributed by atoms with van der Waals surface area (Å²) in [6.07, 6.45) is 12.8. The standard InChI is InChI=1S/C33H55NO3/c1-10-20-37-34-27-15-17-30(6)25(29(27,4)5)14-19-31(7)26(30)21-24(35)28-23(13-18-32(28,31)8)33(9,36)16-11-12-22(2)3/h10,12,23-26,28,35-36H,1,11,13-21H2,2-9H3/b34-27+/t23?,24-,25?,26?,28?,30+,31-,32-,33?/m1/s1. The molecule has 0 heterocycles. The minimum Gasteiger partial charge on any atom is -0.393 e. The Balaban J connectivity index is 1.63. The van der Waals surface area contributed by atoms with Crippen molar-refractivity contribution in [1.82, 2.24) is 0 Å². The van der Waals surface area contributed by atoms with Gasteiger partial charge in [-0.25, -0.2) is 0 Å². The number of oxime groups is 1. The number of aliphatic hydroxyl groups is 2. The summed E-state index contributed by atoms with van der Waals surface area (Å²) in [5.41, 5.74) is 2.09. The van der Waals surface area contributed by atoms with E-state index in [-0.39, 0.29) is 39.6 Å². The monoisotopic (exact) mass is 513 g/mol. The maximum absolute atomic E-state index is 11.9. The van der Waals surface area contributed by atoms with Crippen molar-refractivity contribution in [3.05, 3.63) is 24.3 Å². The lowest BCUT2D eigenvalue weighted by Crippen LogP contribution is -2.66. The highest BCUT2D eigenvalue weighted by Gasteiger charge is 2.71. The van der Waals surface area contributed by atoms with E-state index in [1.165, 1.54) is 24.1 Å². The molecule has 4 rings (SSSR count). The molecule has 0 amide bonds. The molecule has 2 N–H and O–H groups in total. The molecule has 0 aromatic heterocycles. The van der Waals surface area contributed by atoms with Gasteiger partial charge in [-0.2, -0.15) is 0 Å². The Bertz CT molecular complexity index is 930. The molecular formula is C33H55NO3. The van der Waals surface area contributed by atoms with Crippen LogP contribution in [0.4, 0.5) is 0 Å². The van der Waals surface area contributed by atoms with Crippen molar-refractivity contribution in [2.75, 3.05) is 6.61 Å². The Kier molecular flexibility index (Phi) is 7.65. The van der Waals surface area contributed by atoms with Crippen molar-refractivity contribution in [2.45, 2.75) is 125 Å². The normalized spacial score (nSPS) is 45.2. The van der Waals surface area contributed by atoms with Gasteiger partial charge < -0.3 is 15.1 Å². The van der Waals surface area contributed by atoms with Gasteiger partial charge >= 0.3 is 0 Å². The highest BCUT2D eigenvalue weighted by Crippen LogP contribution is 2.75. The summed E-state index contributed by atoms with van der Waals surface area (Å²) in [5, 5.41) is 28.2. The number of rotatable bonds is 7. The predicted octanol–water partition coefficient (Wildman–Crippen LogP) is 7.70. The third kappa shape index (κ3) is 4.46. The van der Waals surface area contributed by atoms with E-state index in [0.717, 1.165) is 44.9 Å². The van der Waals surface area contributed by atoms with Crippen LogP contribution < -0.4 is 0 Å². The van der Waals surface area contributed by atoms with Crippen molar-refractivity contribution in [2.24, 2.45) is 50.5 Å². The highest BCUT2D eigenvalue weighted by molar-refractivity contribution is 5.90. The maximum atomic E-state index is 11.9. The molecule has 4 heteroatoms. The van der Waals surface area contributed by atoms with Crippen LogP contribution in [0.1, 0.15) is 113 Å². The SMILES string of the molecule is C=CCO/N=C1\CC[C@@]2(C)C(CC[C@]3(C)C2C[C@@H](O)C2C(C(C)(O)CCC=C(C)C)CC[C@]23C)C1(C)C. The summed E-state index contributed by atoms with van der Waals surface area (Å²) in [6.45, 7) is 22.8. The second-order valence-corrected chi connectivity index (χ2v) is 15.0. The Hall–Kier alpha value is -1.13. The molecule has 4 aliphatic rings. The first-order valence-electron chi connectivity index (χ1n) is 15.0. The van der Waals surface area contributed by atoms with E-state index >= 15 is 0 Å². The molecular weight excluding hydrogens is 458 g/mol. The van der Waals surface area contributed by atoms with Crippen LogP contribution in [0.15, 0.2) is 29.5 Å². The first-order valence-corrected chi connectivity index (χ1v) is 15.0. The molecule has 4 nitrogen and oxygen atoms in total. The fourth-order valence-corrected chi connectivity index (χ4v) is 10.4. The minimum absolute atomic E-state index is 0.0228. The van der Waals surface area contributed by atoms with Gasteiger partial charge in [-0.1, -0.05) is 64.1 Å². The lowest BCUT2D eigenvalue weighted by Gasteiger charge is -2.70. The average molecular weight is 514 g/mol. The molecule has 4 aliphatic carbocycles. The molecule has 0 bridgehead atoms. The molecule has 37 heavy (non-hydrogen) atoms. The summed E-state index contributed by atoms with van der Waals surface area (Å²) >= 11 is 0. The Morgan fingerprint density at radius 2 is 1.76 bits per heavy atom. The van der Waals surface area contributed by atoms with E-state index < -0.39 is 5.60 Å². The number of fused-ring (bicyclic) bond motifs is 5. The molecule has 210 valence electrons. The summed E-state index contributed by atoms with van der Waals surface area (Å²) in [7, 11) is 0. The van der Waals surface area contributed by atoms with Crippen molar-refractivity contribution in [1.29, 1.82) is 0 Å². The fourth-order valence-electron chi connectivity index (χ4n) is 10.4. The zero-order valence-corrected chi connectivity index (χ0v) is 25.1. The summed E-state index contributed by atoms with van der Waals surface area (Å²) < 4.78 is 0. The second kappa shape index (κ2) is 9.81. The number of allylic oxidation sites excluding steroid dienone is 2. The van der Waals surface area contributed by atoms with Gasteiger partial charge in [0.25, 0.3) is 0 Å². The van der Waals surface area contributed by atoms with Crippen LogP contribution in [-0.4, -0.2) is 34.2 Å². The van der Waals surface area contributed by atoms with Crippen LogP contribution >= 0.6 is 0 Å². The van der Waals surface area contributed by atoms with E-state index in [2.05, 4.69) is 66.3 Å². The van der Waals surface area contributed by atoms with Gasteiger partial charge in [0.15, 0.2) is 0 Å². The number of aliphatic hydroxyl groups excluding tert-OH is 1. The van der Waals surface area contributed by atoms with Gasteiger partial charge in [-0.3, -0.25) is 0 Å². The quantitative estimate of drug-likeness (QED) is 0.208. The molecule has 0 aliphatic heterocycles. The average Bonchev–Trinajstić information content (AvgIpc) is 3.17. The number of hydrogen-bond donors (Lipinski definition) is 2. The fraction of sp³-hybridized carbons (Fsp3) is 0.848. The molecule has 5 unspecified atom stereocenters. The lowest BCUT2D eigenvalue weighted by atomic mass is 9.35. The van der Waals surface area contributed by atoms with Crippen molar-refractivity contribution < 1.29 is 15.1 Å². The summed E-state index contributed by atoms with van der Waals surface area (Å²) in [6, 6.07) is 0. The van der Waals surface area contributed by atoms with Crippen LogP contribution in [0.3, 0.4) is 0 Å². The van der Waals surface area contributed by atoms with E-state index in [0.29, 0.717) is 18.4 Å². The van der Waals surface area contributed by atoms with Gasteiger partial charge in [-0.15, -0.1) is 0 Å². The van der Waals surface area contributed by atoms with E-state index in [9.17, 15) is 10.2 Å². The Labute approximate surface area is 227 Å². The molecule has 0 spiro atoms. The minimum atomic E-state index is -0.747. The topological polar surface area (TPSA) is 62.0 Å². The van der Waals surface area contributed by atoms with Gasteiger partial charge in [0.05, 0.1) is 17.4 Å². The van der Waals surface area contributed by atoms with Crippen LogP contribution in [0.5, 0.6) is 0 Å². The Morgan fingerprint density at radius 3 is 2.41 bits per heavy atom. The van der Waals surface area contributed by atoms with E-state index in [4.69, 9.17) is 4.84 Å². The summed E-state index contributed by atoms with van der Waals surface area (Å²) in [4.78, 5) is 5.57. The van der Waals surface area contributed by atoms with Crippen LogP contribution in [0, 0.1) is 45.3 Å². The zero-order valence-electron chi connectivity index (χ0n) is 25.1. The third-order valence-electron chi connectivity index (χ3n) is 12.5. The third-order valence-corrected chi connectivity index (χ3v) is 12.5. The van der Waals surface area contributed by atoms with E-state index in [1.54, 1.807) is 6.08 Å². The van der Waals surface area contributed by atoms with Gasteiger partial charge in [-0.05, 0) is 118 Å². The second-order valence-electron chi connectivity index (χ2n) is 15.0. The van der Waals surface area contributed by atoms with Gasteiger partial charge in [0.2, 0.25) is 0 Å². The molecule has 0 aromatic rings. The number of hydrogen-bond acceptors (Lipinski definition) is 4. The number of nitrogens with zero attached hydrogens (tertiary/aromatic N) is 1. The first-order chi connectivity index (χ1) is 17.1. The molecule has 0 saturated heterocycles. The van der Waals surface area contributed by atoms with Crippen molar-refractivity contribution in [3.63, 3.8) is 0 Å². The van der Waals surface area contributed by atoms with Gasteiger partial charge in [0, 0.05) is 5.41 Å². The van der Waals surface area contributed by atoms with Crippen LogP contribution in [0.25, 0.3) is 0 Å². The van der Waals surface area contributed by atoms with Crippen LogP contribution in [-0.2, 0) is 4.84 Å². The molecule has 4 saturated carbocycles. The van der Waals surface area contributed by atoms with Crippen LogP contribution in [0.2, 0.25) is 0 Å². The molecule has 0 aromatic carbocycles. The summed E-state index contributed by atoms with van der Waals surface area (Å²) in [5.74, 6) is 1.32. The zero-order chi connectivity index (χ0) is 27.4. The molecule has 9 atom stereocenters. The van der Waals surface area contributed by atoms with Crippen molar-refractivity contribution in [3.8, 4) is 0 Å². The maximum Gasteiger partial charge on any atom is 0.135 e. The molecule has 4 fully saturated rings. The van der Waals surface area contributed by atoms with E-state index in [1.807, 2.05) is 6.92 Å². The smallest absolute Gasteiger partial charge is 0.135 e. The first kappa shape index (κ1) is 28.9. The predicted molar refractivity (Wildman–Crippen MR) is 153 cm³/mol. The largest absolute Gasteiger partial charge is 0.393 e. The van der Waals surface area contributed by atoms with Crippen molar-refractivity contribution >= 4 is 5.71 Å². The highest BCUT2D eigenvalue weighted by atomic mass is 16.6. The van der Waals surface area contributed by atoms with Gasteiger partial charge in [0.1, 0.15) is 6.61 Å². The molecule has 0 radical (unpaired) electrons. The lowest BCUT2D eigenvalue weighted by molar-refractivity contribution is -0.226.